The van der Waals surface area contributed by atoms with Gasteiger partial charge in [0.2, 0.25) is 10.0 Å². The van der Waals surface area contributed by atoms with Gasteiger partial charge >= 0.3 is 0 Å². The molecule has 4 nitrogen and oxygen atoms in total. The summed E-state index contributed by atoms with van der Waals surface area (Å²) in [4.78, 5) is 0.269. The van der Waals surface area contributed by atoms with Gasteiger partial charge in [-0.3, -0.25) is 0 Å². The minimum Gasteiger partial charge on any atom is -0.383 e. The fourth-order valence-corrected chi connectivity index (χ4v) is 2.98. The number of hydrogen-bond acceptors (Lipinski definition) is 3. The minimum absolute atomic E-state index is 0.249. The predicted molar refractivity (Wildman–Crippen MR) is 70.7 cm³/mol. The van der Waals surface area contributed by atoms with E-state index in [1.54, 1.807) is 31.2 Å². The van der Waals surface area contributed by atoms with Crippen molar-refractivity contribution >= 4 is 26.0 Å². The number of hydrogen-bond donors (Lipinski definition) is 1. The lowest BCUT2D eigenvalue weighted by Crippen LogP contribution is -2.35. The molecule has 1 aromatic rings. The Morgan fingerprint density at radius 3 is 2.41 bits per heavy atom. The van der Waals surface area contributed by atoms with E-state index in [-0.39, 0.29) is 10.9 Å². The fraction of sp³-hybridized carbons (Fsp3) is 0.455. The topological polar surface area (TPSA) is 55.4 Å². The molecule has 0 spiro atoms. The Labute approximate surface area is 111 Å². The van der Waals surface area contributed by atoms with Gasteiger partial charge in [0.05, 0.1) is 11.5 Å². The molecule has 1 N–H and O–H groups in total. The van der Waals surface area contributed by atoms with Crippen molar-refractivity contribution in [1.82, 2.24) is 4.72 Å². The van der Waals surface area contributed by atoms with Gasteiger partial charge in [-0.15, -0.1) is 0 Å². The SMILES string of the molecule is COCC(C)NS(=O)(=O)c1ccc(CBr)cc1. The number of rotatable bonds is 6. The molecule has 1 atom stereocenters. The highest BCUT2D eigenvalue weighted by atomic mass is 79.9. The Morgan fingerprint density at radius 1 is 1.35 bits per heavy atom. The fourth-order valence-electron chi connectivity index (χ4n) is 1.37. The van der Waals surface area contributed by atoms with Crippen LogP contribution in [0.2, 0.25) is 0 Å². The summed E-state index contributed by atoms with van der Waals surface area (Å²) in [6, 6.07) is 6.51. The molecule has 0 aliphatic heterocycles. The van der Waals surface area contributed by atoms with Crippen molar-refractivity contribution in [2.45, 2.75) is 23.2 Å². The molecule has 0 saturated heterocycles. The zero-order valence-electron chi connectivity index (χ0n) is 9.81. The van der Waals surface area contributed by atoms with Crippen molar-refractivity contribution in [3.8, 4) is 0 Å². The van der Waals surface area contributed by atoms with Crippen LogP contribution in [0.15, 0.2) is 29.2 Å². The first-order valence-corrected chi connectivity index (χ1v) is 7.76. The third-order valence-corrected chi connectivity index (χ3v) is 4.41. The molecule has 1 rings (SSSR count). The molecule has 0 aliphatic rings. The maximum Gasteiger partial charge on any atom is 0.240 e. The van der Waals surface area contributed by atoms with Crippen LogP contribution in [0.5, 0.6) is 0 Å². The second kappa shape index (κ2) is 6.49. The second-order valence-corrected chi connectivity index (χ2v) is 6.03. The maximum atomic E-state index is 11.9. The summed E-state index contributed by atoms with van der Waals surface area (Å²) in [5, 5.41) is 0.709. The third-order valence-electron chi connectivity index (χ3n) is 2.16. The smallest absolute Gasteiger partial charge is 0.240 e. The van der Waals surface area contributed by atoms with Gasteiger partial charge in [-0.05, 0) is 24.6 Å². The first-order valence-electron chi connectivity index (χ1n) is 5.15. The van der Waals surface area contributed by atoms with Gasteiger partial charge in [0.1, 0.15) is 0 Å². The number of ether oxygens (including phenoxy) is 1. The Kier molecular flexibility index (Phi) is 5.58. The molecule has 0 aromatic heterocycles. The normalized spacial score (nSPS) is 13.6. The molecular formula is C11H16BrNO3S. The standard InChI is InChI=1S/C11H16BrNO3S/c1-9(8-16-2)13-17(14,15)11-5-3-10(7-12)4-6-11/h3-6,9,13H,7-8H2,1-2H3. The number of halogens is 1. The summed E-state index contributed by atoms with van der Waals surface area (Å²) in [6.07, 6.45) is 0. The second-order valence-electron chi connectivity index (χ2n) is 3.76. The monoisotopic (exact) mass is 321 g/mol. The average molecular weight is 322 g/mol. The third kappa shape index (κ3) is 4.39. The Morgan fingerprint density at radius 2 is 1.94 bits per heavy atom. The van der Waals surface area contributed by atoms with E-state index in [1.165, 1.54) is 7.11 Å². The molecule has 0 aliphatic carbocycles. The molecule has 1 aromatic carbocycles. The average Bonchev–Trinajstić information content (AvgIpc) is 2.28. The van der Waals surface area contributed by atoms with Gasteiger partial charge in [0, 0.05) is 18.5 Å². The van der Waals surface area contributed by atoms with E-state index in [0.29, 0.717) is 11.9 Å². The summed E-state index contributed by atoms with van der Waals surface area (Å²) in [7, 11) is -1.91. The number of nitrogens with one attached hydrogen (secondary N) is 1. The minimum atomic E-state index is -3.45. The number of benzene rings is 1. The van der Waals surface area contributed by atoms with Crippen LogP contribution in [0.3, 0.4) is 0 Å². The lowest BCUT2D eigenvalue weighted by Gasteiger charge is -2.13. The highest BCUT2D eigenvalue weighted by Gasteiger charge is 2.16. The number of methoxy groups -OCH3 is 1. The van der Waals surface area contributed by atoms with Gasteiger partial charge < -0.3 is 4.74 Å². The predicted octanol–water partition coefficient (Wildman–Crippen LogP) is 1.89. The summed E-state index contributed by atoms with van der Waals surface area (Å²) >= 11 is 3.31. The van der Waals surface area contributed by atoms with Gasteiger partial charge in [0.15, 0.2) is 0 Å². The molecule has 0 heterocycles. The highest BCUT2D eigenvalue weighted by molar-refractivity contribution is 9.08. The molecule has 17 heavy (non-hydrogen) atoms. The van der Waals surface area contributed by atoms with Crippen molar-refractivity contribution in [2.24, 2.45) is 0 Å². The summed E-state index contributed by atoms with van der Waals surface area (Å²) in [5.74, 6) is 0. The Bertz CT molecular complexity index is 444. The molecule has 0 bridgehead atoms. The van der Waals surface area contributed by atoms with Gasteiger partial charge in [-0.2, -0.15) is 0 Å². The van der Waals surface area contributed by atoms with Crippen molar-refractivity contribution in [3.05, 3.63) is 29.8 Å². The van der Waals surface area contributed by atoms with Crippen LogP contribution in [0, 0.1) is 0 Å². The van der Waals surface area contributed by atoms with E-state index in [1.807, 2.05) is 0 Å². The number of sulfonamides is 1. The van der Waals surface area contributed by atoms with Crippen LogP contribution in [-0.4, -0.2) is 28.2 Å². The van der Waals surface area contributed by atoms with Gasteiger partial charge in [0.25, 0.3) is 0 Å². The van der Waals surface area contributed by atoms with Crippen molar-refractivity contribution in [3.63, 3.8) is 0 Å². The van der Waals surface area contributed by atoms with Crippen LogP contribution < -0.4 is 4.72 Å². The van der Waals surface area contributed by atoms with Crippen LogP contribution in [0.4, 0.5) is 0 Å². The summed E-state index contributed by atoms with van der Waals surface area (Å²) < 4.78 is 31.3. The van der Waals surface area contributed by atoms with E-state index < -0.39 is 10.0 Å². The lowest BCUT2D eigenvalue weighted by atomic mass is 10.2. The Balaban J connectivity index is 2.82. The molecule has 0 amide bonds. The van der Waals surface area contributed by atoms with Crippen molar-refractivity contribution < 1.29 is 13.2 Å². The number of alkyl halides is 1. The maximum absolute atomic E-state index is 11.9. The zero-order chi connectivity index (χ0) is 12.9. The van der Waals surface area contributed by atoms with E-state index in [2.05, 4.69) is 20.7 Å². The quantitative estimate of drug-likeness (QED) is 0.814. The molecule has 0 saturated carbocycles. The van der Waals surface area contributed by atoms with Crippen molar-refractivity contribution in [1.29, 1.82) is 0 Å². The van der Waals surface area contributed by atoms with Gasteiger partial charge in [-0.25, -0.2) is 13.1 Å². The van der Waals surface area contributed by atoms with Crippen LogP contribution >= 0.6 is 15.9 Å². The molecule has 0 fully saturated rings. The van der Waals surface area contributed by atoms with E-state index in [9.17, 15) is 8.42 Å². The molecule has 1 unspecified atom stereocenters. The van der Waals surface area contributed by atoms with Crippen LogP contribution in [0.1, 0.15) is 12.5 Å². The van der Waals surface area contributed by atoms with E-state index in [4.69, 9.17) is 4.74 Å². The first kappa shape index (κ1) is 14.6. The molecular weight excluding hydrogens is 306 g/mol. The van der Waals surface area contributed by atoms with Gasteiger partial charge in [-0.1, -0.05) is 28.1 Å². The molecule has 0 radical (unpaired) electrons. The van der Waals surface area contributed by atoms with E-state index >= 15 is 0 Å². The Hall–Kier alpha value is -0.430. The summed E-state index contributed by atoms with van der Waals surface area (Å²) in [6.45, 7) is 2.10. The summed E-state index contributed by atoms with van der Waals surface area (Å²) in [5.41, 5.74) is 1.04. The lowest BCUT2D eigenvalue weighted by molar-refractivity contribution is 0.180. The zero-order valence-corrected chi connectivity index (χ0v) is 12.2. The van der Waals surface area contributed by atoms with E-state index in [0.717, 1.165) is 5.56 Å². The highest BCUT2D eigenvalue weighted by Crippen LogP contribution is 2.12. The van der Waals surface area contributed by atoms with Crippen LogP contribution in [0.25, 0.3) is 0 Å². The largest absolute Gasteiger partial charge is 0.383 e. The first-order chi connectivity index (χ1) is 7.99. The molecule has 6 heteroatoms. The van der Waals surface area contributed by atoms with Crippen molar-refractivity contribution in [2.75, 3.05) is 13.7 Å². The van der Waals surface area contributed by atoms with Crippen LogP contribution in [-0.2, 0) is 20.1 Å². The molecule has 96 valence electrons.